The molecule has 0 aliphatic carbocycles. The molecule has 0 aliphatic rings. The van der Waals surface area contributed by atoms with Crippen LogP contribution in [-0.2, 0) is 4.79 Å². The number of carbonyl (C=O) groups is 1. The van der Waals surface area contributed by atoms with Gasteiger partial charge in [-0.2, -0.15) is 0 Å². The molecule has 0 spiro atoms. The molecule has 0 saturated carbocycles. The number of hydrogen-bond acceptors (Lipinski definition) is 3. The molecule has 2 atom stereocenters. The number of allylic oxidation sites excluding steroid dienone is 7. The molecule has 1 amide bonds. The molecule has 0 aromatic carbocycles. The van der Waals surface area contributed by atoms with Gasteiger partial charge in [0.05, 0.1) is 18.8 Å². The van der Waals surface area contributed by atoms with Crippen LogP contribution >= 0.6 is 0 Å². The van der Waals surface area contributed by atoms with Gasteiger partial charge in [0.1, 0.15) is 0 Å². The fraction of sp³-hybridized carbons (Fsp3) is 0.873. The SMILES string of the molecule is CCCCCCC/C=C\C/C=C\C/C=C\CCCCCCCCCCCCCCCCCCC(=O)NC(CO)C(O)/C=C/CCCCCCCCCCCCCCCCCCCCCCCCCCCCCCCC. The molecule has 2 unspecified atom stereocenters. The largest absolute Gasteiger partial charge is 0.394 e. The van der Waals surface area contributed by atoms with E-state index < -0.39 is 12.1 Å². The summed E-state index contributed by atoms with van der Waals surface area (Å²) in [4.78, 5) is 12.5. The normalized spacial score (nSPS) is 13.0. The number of nitrogens with one attached hydrogen (secondary N) is 1. The molecule has 0 radical (unpaired) electrons. The first kappa shape index (κ1) is 73.3. The summed E-state index contributed by atoms with van der Waals surface area (Å²) in [6, 6.07) is -0.625. The Morgan fingerprint density at radius 1 is 0.320 bits per heavy atom. The van der Waals surface area contributed by atoms with E-state index in [4.69, 9.17) is 0 Å². The van der Waals surface area contributed by atoms with Crippen molar-refractivity contribution in [3.63, 3.8) is 0 Å². The van der Waals surface area contributed by atoms with Gasteiger partial charge in [0.15, 0.2) is 0 Å². The number of hydrogen-bond donors (Lipinski definition) is 3. The van der Waals surface area contributed by atoms with Crippen LogP contribution in [0, 0.1) is 0 Å². The number of unbranched alkanes of at least 4 members (excludes halogenated alkanes) is 51. The van der Waals surface area contributed by atoms with Crippen LogP contribution in [0.15, 0.2) is 48.6 Å². The fourth-order valence-electron chi connectivity index (χ4n) is 10.8. The predicted molar refractivity (Wildman–Crippen MR) is 336 cm³/mol. The van der Waals surface area contributed by atoms with Crippen molar-refractivity contribution >= 4 is 5.91 Å². The maximum absolute atomic E-state index is 12.5. The van der Waals surface area contributed by atoms with Gasteiger partial charge in [-0.15, -0.1) is 0 Å². The number of carbonyl (C=O) groups excluding carboxylic acids is 1. The third-order valence-corrected chi connectivity index (χ3v) is 16.1. The Labute approximate surface area is 471 Å². The van der Waals surface area contributed by atoms with E-state index in [1.54, 1.807) is 6.08 Å². The summed E-state index contributed by atoms with van der Waals surface area (Å²) in [5, 5.41) is 23.3. The van der Waals surface area contributed by atoms with Crippen molar-refractivity contribution < 1.29 is 15.0 Å². The zero-order chi connectivity index (χ0) is 54.1. The number of rotatable bonds is 64. The molecule has 3 N–H and O–H groups in total. The second-order valence-electron chi connectivity index (χ2n) is 23.6. The van der Waals surface area contributed by atoms with Crippen molar-refractivity contribution in [2.45, 2.75) is 392 Å². The summed E-state index contributed by atoms with van der Waals surface area (Å²) in [5.74, 6) is -0.0585. The van der Waals surface area contributed by atoms with Gasteiger partial charge in [-0.1, -0.05) is 364 Å². The summed E-state index contributed by atoms with van der Waals surface area (Å²) in [6.07, 6.45) is 93.3. The second kappa shape index (κ2) is 66.6. The zero-order valence-corrected chi connectivity index (χ0v) is 51.1. The number of aliphatic hydroxyl groups is 2. The first-order valence-electron chi connectivity index (χ1n) is 34.4. The molecule has 442 valence electrons. The van der Waals surface area contributed by atoms with E-state index in [1.807, 2.05) is 6.08 Å². The van der Waals surface area contributed by atoms with E-state index in [0.29, 0.717) is 6.42 Å². The van der Waals surface area contributed by atoms with Crippen molar-refractivity contribution in [2.24, 2.45) is 0 Å². The van der Waals surface area contributed by atoms with Crippen LogP contribution in [0.3, 0.4) is 0 Å². The molecule has 0 aliphatic heterocycles. The Hall–Kier alpha value is -1.65. The maximum Gasteiger partial charge on any atom is 0.220 e. The molecule has 0 saturated heterocycles. The van der Waals surface area contributed by atoms with E-state index in [9.17, 15) is 15.0 Å². The summed E-state index contributed by atoms with van der Waals surface area (Å²) in [5.41, 5.74) is 0. The quantitative estimate of drug-likeness (QED) is 0.0420. The van der Waals surface area contributed by atoms with Crippen molar-refractivity contribution in [3.05, 3.63) is 48.6 Å². The Bertz CT molecular complexity index is 1190. The van der Waals surface area contributed by atoms with Gasteiger partial charge in [-0.25, -0.2) is 0 Å². The average molecular weight is 1050 g/mol. The second-order valence-corrected chi connectivity index (χ2v) is 23.6. The van der Waals surface area contributed by atoms with Crippen molar-refractivity contribution in [2.75, 3.05) is 6.61 Å². The fourth-order valence-corrected chi connectivity index (χ4v) is 10.8. The summed E-state index contributed by atoms with van der Waals surface area (Å²) in [6.45, 7) is 4.34. The van der Waals surface area contributed by atoms with Gasteiger partial charge in [0.25, 0.3) is 0 Å². The first-order valence-corrected chi connectivity index (χ1v) is 34.4. The minimum atomic E-state index is -0.842. The van der Waals surface area contributed by atoms with Crippen LogP contribution in [0.4, 0.5) is 0 Å². The van der Waals surface area contributed by atoms with E-state index in [1.165, 1.54) is 321 Å². The molecule has 0 aromatic rings. The molecule has 75 heavy (non-hydrogen) atoms. The van der Waals surface area contributed by atoms with Gasteiger partial charge in [-0.05, 0) is 57.8 Å². The molecule has 0 heterocycles. The van der Waals surface area contributed by atoms with Crippen LogP contribution in [0.2, 0.25) is 0 Å². The van der Waals surface area contributed by atoms with E-state index >= 15 is 0 Å². The Morgan fingerprint density at radius 2 is 0.547 bits per heavy atom. The molecule has 0 rings (SSSR count). The average Bonchev–Trinajstić information content (AvgIpc) is 3.41. The van der Waals surface area contributed by atoms with Gasteiger partial charge in [0.2, 0.25) is 5.91 Å². The lowest BCUT2D eigenvalue weighted by molar-refractivity contribution is -0.123. The molecule has 0 aromatic heterocycles. The Morgan fingerprint density at radius 3 is 0.813 bits per heavy atom. The van der Waals surface area contributed by atoms with E-state index in [2.05, 4.69) is 55.6 Å². The molecule has 0 bridgehead atoms. The summed E-state index contributed by atoms with van der Waals surface area (Å²) in [7, 11) is 0. The third kappa shape index (κ3) is 63.1. The highest BCUT2D eigenvalue weighted by molar-refractivity contribution is 5.76. The molecule has 4 heteroatoms. The van der Waals surface area contributed by atoms with Crippen LogP contribution in [-0.4, -0.2) is 34.9 Å². The predicted octanol–water partition coefficient (Wildman–Crippen LogP) is 23.3. The van der Waals surface area contributed by atoms with Crippen LogP contribution in [0.5, 0.6) is 0 Å². The minimum absolute atomic E-state index is 0.0585. The maximum atomic E-state index is 12.5. The van der Waals surface area contributed by atoms with Crippen molar-refractivity contribution in [1.82, 2.24) is 5.32 Å². The number of amides is 1. The van der Waals surface area contributed by atoms with Crippen molar-refractivity contribution in [3.8, 4) is 0 Å². The number of aliphatic hydroxyl groups excluding tert-OH is 2. The monoisotopic (exact) mass is 1050 g/mol. The highest BCUT2D eigenvalue weighted by atomic mass is 16.3. The molecule has 4 nitrogen and oxygen atoms in total. The first-order chi connectivity index (χ1) is 37.2. The van der Waals surface area contributed by atoms with Crippen LogP contribution in [0.1, 0.15) is 380 Å². The van der Waals surface area contributed by atoms with Gasteiger partial charge in [-0.3, -0.25) is 4.79 Å². The summed E-state index contributed by atoms with van der Waals surface area (Å²) >= 11 is 0. The van der Waals surface area contributed by atoms with Gasteiger partial charge < -0.3 is 15.5 Å². The lowest BCUT2D eigenvalue weighted by Crippen LogP contribution is -2.45. The van der Waals surface area contributed by atoms with E-state index in [0.717, 1.165) is 38.5 Å². The minimum Gasteiger partial charge on any atom is -0.394 e. The van der Waals surface area contributed by atoms with Crippen LogP contribution in [0.25, 0.3) is 0 Å². The molecule has 0 fully saturated rings. The highest BCUT2D eigenvalue weighted by Crippen LogP contribution is 2.19. The smallest absolute Gasteiger partial charge is 0.220 e. The lowest BCUT2D eigenvalue weighted by atomic mass is 10.0. The van der Waals surface area contributed by atoms with E-state index in [-0.39, 0.29) is 12.5 Å². The Kier molecular flexibility index (Phi) is 65.2. The topological polar surface area (TPSA) is 69.6 Å². The zero-order valence-electron chi connectivity index (χ0n) is 51.1. The molecular formula is C71H135NO3. The van der Waals surface area contributed by atoms with Crippen molar-refractivity contribution in [1.29, 1.82) is 0 Å². The van der Waals surface area contributed by atoms with Gasteiger partial charge >= 0.3 is 0 Å². The third-order valence-electron chi connectivity index (χ3n) is 16.1. The Balaban J connectivity index is 3.44. The standard InChI is InChI=1S/C71H135NO3/c1-3-5-7-9-11-13-15-17-19-21-23-25-27-29-31-33-35-37-38-40-42-44-46-48-50-52-54-56-58-60-62-64-66-70(74)69(68-73)72-71(75)67-65-63-61-59-57-55-53-51-49-47-45-43-41-39-36-34-32-30-28-26-24-22-20-18-16-14-12-10-8-6-4-2/h16,18,22,24,28,30,64,66,69-70,73-74H,3-15,17,19-21,23,25-27,29,31-63,65,67-68H2,1-2H3,(H,72,75)/b18-16-,24-22-,30-28-,66-64+. The van der Waals surface area contributed by atoms with Crippen LogP contribution < -0.4 is 5.32 Å². The molecular weight excluding hydrogens is 915 g/mol. The summed E-state index contributed by atoms with van der Waals surface area (Å²) < 4.78 is 0. The lowest BCUT2D eigenvalue weighted by Gasteiger charge is -2.20. The van der Waals surface area contributed by atoms with Gasteiger partial charge in [0, 0.05) is 6.42 Å². The highest BCUT2D eigenvalue weighted by Gasteiger charge is 2.18.